The third-order valence-electron chi connectivity index (χ3n) is 2.46. The lowest BCUT2D eigenvalue weighted by Gasteiger charge is -2.06. The number of hydrazone groups is 1. The van der Waals surface area contributed by atoms with Gasteiger partial charge in [-0.05, 0) is 19.1 Å². The number of nitrogens with zero attached hydrogens (tertiary/aromatic N) is 2. The van der Waals surface area contributed by atoms with Gasteiger partial charge in [0.15, 0.2) is 0 Å². The van der Waals surface area contributed by atoms with E-state index in [-0.39, 0.29) is 11.5 Å². The monoisotopic (exact) mass is 263 g/mol. The van der Waals surface area contributed by atoms with Crippen molar-refractivity contribution in [2.24, 2.45) is 10.9 Å². The number of phenolic OH excluding ortho intramolecular Hbond substituents is 2. The number of aromatic nitrogens is 1. The average molecular weight is 263 g/mol. The summed E-state index contributed by atoms with van der Waals surface area (Å²) < 4.78 is 0. The van der Waals surface area contributed by atoms with E-state index in [2.05, 4.69) is 10.1 Å². The van der Waals surface area contributed by atoms with Gasteiger partial charge < -0.3 is 16.1 Å². The zero-order chi connectivity index (χ0) is 13.1. The predicted molar refractivity (Wildman–Crippen MR) is 71.1 cm³/mol. The Kier molecular flexibility index (Phi) is 3.47. The molecular weight excluding hydrogens is 250 g/mol. The van der Waals surface area contributed by atoms with Crippen molar-refractivity contribution in [2.75, 3.05) is 0 Å². The molecule has 1 heterocycles. The number of nitrogens with two attached hydrogens (primary N) is 1. The van der Waals surface area contributed by atoms with Gasteiger partial charge in [-0.1, -0.05) is 0 Å². The summed E-state index contributed by atoms with van der Waals surface area (Å²) in [5.41, 5.74) is 1.88. The normalized spacial score (nSPS) is 11.7. The maximum atomic E-state index is 9.76. The van der Waals surface area contributed by atoms with E-state index in [0.717, 1.165) is 10.7 Å². The molecule has 0 spiro atoms. The second-order valence-corrected chi connectivity index (χ2v) is 4.87. The van der Waals surface area contributed by atoms with Crippen molar-refractivity contribution in [2.45, 2.75) is 13.3 Å². The molecule has 94 valence electrons. The third kappa shape index (κ3) is 2.60. The van der Waals surface area contributed by atoms with Crippen LogP contribution in [0.5, 0.6) is 11.5 Å². The van der Waals surface area contributed by atoms with E-state index in [1.165, 1.54) is 12.1 Å². The molecule has 0 fully saturated rings. The van der Waals surface area contributed by atoms with Crippen molar-refractivity contribution in [1.29, 1.82) is 0 Å². The van der Waals surface area contributed by atoms with Gasteiger partial charge in [0.05, 0.1) is 16.4 Å². The van der Waals surface area contributed by atoms with E-state index in [1.807, 2.05) is 12.3 Å². The van der Waals surface area contributed by atoms with Crippen LogP contribution in [0, 0.1) is 6.92 Å². The van der Waals surface area contributed by atoms with Crippen molar-refractivity contribution < 1.29 is 10.2 Å². The van der Waals surface area contributed by atoms with Gasteiger partial charge in [0.1, 0.15) is 11.5 Å². The number of rotatable bonds is 3. The highest BCUT2D eigenvalue weighted by Crippen LogP contribution is 2.24. The van der Waals surface area contributed by atoms with E-state index >= 15 is 0 Å². The number of hydrogen-bond donors (Lipinski definition) is 3. The Hall–Kier alpha value is -2.08. The minimum atomic E-state index is -0.0499. The van der Waals surface area contributed by atoms with Crippen LogP contribution >= 0.6 is 11.3 Å². The minimum absolute atomic E-state index is 0.00266. The molecule has 5 nitrogen and oxygen atoms in total. The fourth-order valence-electron chi connectivity index (χ4n) is 1.64. The molecule has 2 aromatic rings. The number of aryl methyl sites for hydroxylation is 1. The number of aromatic hydroxyl groups is 2. The quantitative estimate of drug-likeness (QED) is 0.447. The van der Waals surface area contributed by atoms with E-state index in [1.54, 1.807) is 17.4 Å². The first-order valence-electron chi connectivity index (χ1n) is 5.30. The Morgan fingerprint density at radius 2 is 2.22 bits per heavy atom. The van der Waals surface area contributed by atoms with Gasteiger partial charge >= 0.3 is 0 Å². The molecule has 0 unspecified atom stereocenters. The molecule has 0 amide bonds. The van der Waals surface area contributed by atoms with Crippen LogP contribution in [0.4, 0.5) is 0 Å². The van der Waals surface area contributed by atoms with Gasteiger partial charge in [-0.25, -0.2) is 4.98 Å². The highest BCUT2D eigenvalue weighted by atomic mass is 32.1. The maximum absolute atomic E-state index is 9.76. The molecule has 0 saturated heterocycles. The summed E-state index contributed by atoms with van der Waals surface area (Å²) in [5, 5.41) is 25.6. The Morgan fingerprint density at radius 3 is 2.78 bits per heavy atom. The van der Waals surface area contributed by atoms with Crippen LogP contribution in [-0.4, -0.2) is 20.9 Å². The zero-order valence-corrected chi connectivity index (χ0v) is 10.6. The van der Waals surface area contributed by atoms with Crippen molar-refractivity contribution in [3.05, 3.63) is 39.8 Å². The zero-order valence-electron chi connectivity index (χ0n) is 9.79. The fourth-order valence-corrected chi connectivity index (χ4v) is 2.25. The SMILES string of the molecule is Cc1nc(C/C(=N\N)c2ccc(O)cc2O)cs1. The van der Waals surface area contributed by atoms with Gasteiger partial charge in [-0.3, -0.25) is 0 Å². The van der Waals surface area contributed by atoms with E-state index in [4.69, 9.17) is 5.84 Å². The lowest BCUT2D eigenvalue weighted by molar-refractivity contribution is 0.450. The molecule has 0 aliphatic carbocycles. The smallest absolute Gasteiger partial charge is 0.128 e. The first-order chi connectivity index (χ1) is 8.60. The molecule has 2 rings (SSSR count). The summed E-state index contributed by atoms with van der Waals surface area (Å²) in [6.45, 7) is 1.92. The van der Waals surface area contributed by atoms with Crippen LogP contribution in [0.15, 0.2) is 28.7 Å². The summed E-state index contributed by atoms with van der Waals surface area (Å²) in [7, 11) is 0. The molecule has 0 saturated carbocycles. The highest BCUT2D eigenvalue weighted by molar-refractivity contribution is 7.09. The molecule has 0 aliphatic heterocycles. The number of phenols is 2. The van der Waals surface area contributed by atoms with Crippen molar-refractivity contribution in [3.8, 4) is 11.5 Å². The topological polar surface area (TPSA) is 91.7 Å². The summed E-state index contributed by atoms with van der Waals surface area (Å²) in [6, 6.07) is 4.31. The standard InChI is InChI=1S/C12H13N3O2S/c1-7-14-8(6-18-7)4-11(15-13)10-3-2-9(16)5-12(10)17/h2-3,5-6,16-17H,4,13H2,1H3/b15-11+. The van der Waals surface area contributed by atoms with Crippen LogP contribution in [0.3, 0.4) is 0 Å². The molecule has 1 aromatic carbocycles. The van der Waals surface area contributed by atoms with Crippen LogP contribution in [0.2, 0.25) is 0 Å². The van der Waals surface area contributed by atoms with Crippen LogP contribution in [0.1, 0.15) is 16.3 Å². The second-order valence-electron chi connectivity index (χ2n) is 3.81. The van der Waals surface area contributed by atoms with E-state index < -0.39 is 0 Å². The van der Waals surface area contributed by atoms with Gasteiger partial charge in [0.25, 0.3) is 0 Å². The Bertz CT molecular complexity index is 593. The Labute approximate surface area is 108 Å². The molecule has 0 aliphatic rings. The van der Waals surface area contributed by atoms with Gasteiger partial charge in [0.2, 0.25) is 0 Å². The fraction of sp³-hybridized carbons (Fsp3) is 0.167. The lowest BCUT2D eigenvalue weighted by Crippen LogP contribution is -2.09. The van der Waals surface area contributed by atoms with Gasteiger partial charge in [-0.15, -0.1) is 11.3 Å². The molecule has 0 radical (unpaired) electrons. The molecule has 0 atom stereocenters. The number of benzene rings is 1. The Balaban J connectivity index is 2.29. The largest absolute Gasteiger partial charge is 0.508 e. The maximum Gasteiger partial charge on any atom is 0.128 e. The van der Waals surface area contributed by atoms with E-state index in [0.29, 0.717) is 17.7 Å². The second kappa shape index (κ2) is 5.05. The molecular formula is C12H13N3O2S. The van der Waals surface area contributed by atoms with E-state index in [9.17, 15) is 10.2 Å². The van der Waals surface area contributed by atoms with Crippen molar-refractivity contribution in [3.63, 3.8) is 0 Å². The van der Waals surface area contributed by atoms with Crippen molar-refractivity contribution in [1.82, 2.24) is 4.98 Å². The number of hydrogen-bond acceptors (Lipinski definition) is 6. The molecule has 4 N–H and O–H groups in total. The third-order valence-corrected chi connectivity index (χ3v) is 3.29. The average Bonchev–Trinajstić information content (AvgIpc) is 2.72. The van der Waals surface area contributed by atoms with Crippen molar-refractivity contribution >= 4 is 17.0 Å². The molecule has 0 bridgehead atoms. The first kappa shape index (κ1) is 12.4. The lowest BCUT2D eigenvalue weighted by atomic mass is 10.0. The van der Waals surface area contributed by atoms with Gasteiger partial charge in [0, 0.05) is 23.4 Å². The van der Waals surface area contributed by atoms with Gasteiger partial charge in [-0.2, -0.15) is 5.10 Å². The summed E-state index contributed by atoms with van der Waals surface area (Å²) in [5.74, 6) is 5.30. The molecule has 1 aromatic heterocycles. The minimum Gasteiger partial charge on any atom is -0.508 e. The first-order valence-corrected chi connectivity index (χ1v) is 6.18. The summed E-state index contributed by atoms with van der Waals surface area (Å²) in [6.07, 6.45) is 0.444. The predicted octanol–water partition coefficient (Wildman–Crippen LogP) is 1.77. The number of thiazole rings is 1. The van der Waals surface area contributed by atoms with Crippen LogP contribution in [0.25, 0.3) is 0 Å². The molecule has 18 heavy (non-hydrogen) atoms. The van der Waals surface area contributed by atoms with Crippen LogP contribution in [-0.2, 0) is 6.42 Å². The Morgan fingerprint density at radius 1 is 1.44 bits per heavy atom. The summed E-state index contributed by atoms with van der Waals surface area (Å²) in [4.78, 5) is 4.32. The summed E-state index contributed by atoms with van der Waals surface area (Å²) >= 11 is 1.55. The van der Waals surface area contributed by atoms with Crippen LogP contribution < -0.4 is 5.84 Å². The highest BCUT2D eigenvalue weighted by Gasteiger charge is 2.12. The molecule has 6 heteroatoms.